The molecule has 0 N–H and O–H groups in total. The number of benzene rings is 1. The van der Waals surface area contributed by atoms with Crippen molar-refractivity contribution in [1.82, 2.24) is 0 Å². The van der Waals surface area contributed by atoms with Crippen molar-refractivity contribution >= 4 is 22.0 Å². The van der Waals surface area contributed by atoms with Gasteiger partial charge in [0.05, 0.1) is 6.61 Å². The van der Waals surface area contributed by atoms with Crippen LogP contribution in [0.3, 0.4) is 0 Å². The molecule has 1 nitrogen and oxygen atoms in total. The third-order valence-electron chi connectivity index (χ3n) is 1.74. The fourth-order valence-electron chi connectivity index (χ4n) is 1.16. The molecule has 13 heavy (non-hydrogen) atoms. The molecule has 0 aromatic heterocycles. The molecule has 0 atom stereocenters. The molecule has 0 saturated heterocycles. The lowest BCUT2D eigenvalue weighted by Crippen LogP contribution is -1.90. The van der Waals surface area contributed by atoms with E-state index in [1.54, 1.807) is 7.11 Å². The molecule has 0 amide bonds. The van der Waals surface area contributed by atoms with Crippen molar-refractivity contribution in [1.29, 1.82) is 0 Å². The SMILES string of the molecule is COCc1ccccc1C=CCBr. The van der Waals surface area contributed by atoms with Crippen LogP contribution in [0.5, 0.6) is 0 Å². The van der Waals surface area contributed by atoms with Gasteiger partial charge in [-0.3, -0.25) is 0 Å². The highest BCUT2D eigenvalue weighted by Gasteiger charge is 1.96. The van der Waals surface area contributed by atoms with E-state index in [4.69, 9.17) is 4.74 Å². The van der Waals surface area contributed by atoms with Crippen LogP contribution in [-0.2, 0) is 11.3 Å². The van der Waals surface area contributed by atoms with Crippen LogP contribution in [0.25, 0.3) is 6.08 Å². The second-order valence-corrected chi connectivity index (χ2v) is 3.34. The van der Waals surface area contributed by atoms with Gasteiger partial charge in [-0.05, 0) is 11.1 Å². The molecule has 0 heterocycles. The summed E-state index contributed by atoms with van der Waals surface area (Å²) in [5.74, 6) is 0. The number of ether oxygens (including phenoxy) is 1. The number of hydrogen-bond donors (Lipinski definition) is 0. The molecule has 2 heteroatoms. The average Bonchev–Trinajstić information content (AvgIpc) is 2.17. The summed E-state index contributed by atoms with van der Waals surface area (Å²) in [6, 6.07) is 8.23. The molecular formula is C11H13BrO. The highest BCUT2D eigenvalue weighted by molar-refractivity contribution is 9.09. The van der Waals surface area contributed by atoms with Crippen LogP contribution in [0.4, 0.5) is 0 Å². The fraction of sp³-hybridized carbons (Fsp3) is 0.273. The number of alkyl halides is 1. The number of rotatable bonds is 4. The second kappa shape index (κ2) is 5.95. The molecule has 1 aromatic carbocycles. The second-order valence-electron chi connectivity index (χ2n) is 2.69. The number of methoxy groups -OCH3 is 1. The number of halogens is 1. The molecule has 0 aliphatic carbocycles. The zero-order valence-electron chi connectivity index (χ0n) is 7.66. The Morgan fingerprint density at radius 3 is 2.85 bits per heavy atom. The molecule has 0 saturated carbocycles. The van der Waals surface area contributed by atoms with E-state index in [1.165, 1.54) is 11.1 Å². The van der Waals surface area contributed by atoms with E-state index >= 15 is 0 Å². The van der Waals surface area contributed by atoms with Crippen molar-refractivity contribution in [3.8, 4) is 0 Å². The van der Waals surface area contributed by atoms with Gasteiger partial charge in [0, 0.05) is 12.4 Å². The third kappa shape index (κ3) is 3.33. The predicted molar refractivity (Wildman–Crippen MR) is 60.0 cm³/mol. The predicted octanol–water partition coefficient (Wildman–Crippen LogP) is 3.24. The smallest absolute Gasteiger partial charge is 0.0718 e. The van der Waals surface area contributed by atoms with Gasteiger partial charge >= 0.3 is 0 Å². The van der Waals surface area contributed by atoms with Gasteiger partial charge in [-0.1, -0.05) is 52.3 Å². The molecule has 0 aliphatic heterocycles. The lowest BCUT2D eigenvalue weighted by Gasteiger charge is -2.03. The summed E-state index contributed by atoms with van der Waals surface area (Å²) in [7, 11) is 1.71. The fourth-order valence-corrected chi connectivity index (χ4v) is 1.34. The van der Waals surface area contributed by atoms with Gasteiger partial charge in [-0.25, -0.2) is 0 Å². The molecule has 0 bridgehead atoms. The van der Waals surface area contributed by atoms with Crippen LogP contribution in [0, 0.1) is 0 Å². The summed E-state index contributed by atoms with van der Waals surface area (Å²) in [6.07, 6.45) is 4.18. The summed E-state index contributed by atoms with van der Waals surface area (Å²) >= 11 is 3.35. The third-order valence-corrected chi connectivity index (χ3v) is 2.12. The zero-order chi connectivity index (χ0) is 9.52. The highest BCUT2D eigenvalue weighted by Crippen LogP contribution is 2.11. The Hall–Kier alpha value is -0.600. The molecular weight excluding hydrogens is 228 g/mol. The van der Waals surface area contributed by atoms with E-state index < -0.39 is 0 Å². The monoisotopic (exact) mass is 240 g/mol. The van der Waals surface area contributed by atoms with Gasteiger partial charge in [-0.15, -0.1) is 0 Å². The summed E-state index contributed by atoms with van der Waals surface area (Å²) in [5, 5.41) is 0.883. The first-order valence-electron chi connectivity index (χ1n) is 4.18. The van der Waals surface area contributed by atoms with Crippen LogP contribution in [0.1, 0.15) is 11.1 Å². The first-order chi connectivity index (χ1) is 6.38. The van der Waals surface area contributed by atoms with Crippen molar-refractivity contribution < 1.29 is 4.74 Å². The molecule has 0 aliphatic rings. The van der Waals surface area contributed by atoms with Crippen molar-refractivity contribution in [2.45, 2.75) is 6.61 Å². The van der Waals surface area contributed by atoms with Crippen LogP contribution >= 0.6 is 15.9 Å². The molecule has 0 unspecified atom stereocenters. The van der Waals surface area contributed by atoms with E-state index in [2.05, 4.69) is 40.2 Å². The Morgan fingerprint density at radius 2 is 2.15 bits per heavy atom. The van der Waals surface area contributed by atoms with Gasteiger partial charge < -0.3 is 4.74 Å². The minimum absolute atomic E-state index is 0.669. The van der Waals surface area contributed by atoms with E-state index in [9.17, 15) is 0 Å². The van der Waals surface area contributed by atoms with E-state index in [-0.39, 0.29) is 0 Å². The minimum Gasteiger partial charge on any atom is -0.380 e. The number of allylic oxidation sites excluding steroid dienone is 1. The normalized spacial score (nSPS) is 10.9. The van der Waals surface area contributed by atoms with Crippen molar-refractivity contribution in [2.24, 2.45) is 0 Å². The Kier molecular flexibility index (Phi) is 4.79. The van der Waals surface area contributed by atoms with E-state index in [0.717, 1.165) is 5.33 Å². The topological polar surface area (TPSA) is 9.23 Å². The van der Waals surface area contributed by atoms with Gasteiger partial charge in [0.2, 0.25) is 0 Å². The average molecular weight is 241 g/mol. The van der Waals surface area contributed by atoms with Crippen molar-refractivity contribution in [2.75, 3.05) is 12.4 Å². The molecule has 70 valence electrons. The maximum absolute atomic E-state index is 5.10. The van der Waals surface area contributed by atoms with Gasteiger partial charge in [0.25, 0.3) is 0 Å². The number of hydrogen-bond acceptors (Lipinski definition) is 1. The zero-order valence-corrected chi connectivity index (χ0v) is 9.25. The summed E-state index contributed by atoms with van der Waals surface area (Å²) in [5.41, 5.74) is 2.45. The van der Waals surface area contributed by atoms with Gasteiger partial charge in [0.15, 0.2) is 0 Å². The van der Waals surface area contributed by atoms with Gasteiger partial charge in [0.1, 0.15) is 0 Å². The maximum atomic E-state index is 5.10. The Morgan fingerprint density at radius 1 is 1.38 bits per heavy atom. The summed E-state index contributed by atoms with van der Waals surface area (Å²) in [4.78, 5) is 0. The lowest BCUT2D eigenvalue weighted by atomic mass is 10.1. The standard InChI is InChI=1S/C11H13BrO/c1-13-9-11-6-3-2-5-10(11)7-4-8-12/h2-7H,8-9H2,1H3. The first kappa shape index (κ1) is 10.5. The highest BCUT2D eigenvalue weighted by atomic mass is 79.9. The quantitative estimate of drug-likeness (QED) is 0.735. The Labute approximate surface area is 87.5 Å². The van der Waals surface area contributed by atoms with Crippen molar-refractivity contribution in [3.63, 3.8) is 0 Å². The molecule has 1 rings (SSSR count). The summed E-state index contributed by atoms with van der Waals surface area (Å²) < 4.78 is 5.10. The Bertz CT molecular complexity index is 281. The molecule has 0 fully saturated rings. The van der Waals surface area contributed by atoms with E-state index in [0.29, 0.717) is 6.61 Å². The molecule has 0 radical (unpaired) electrons. The van der Waals surface area contributed by atoms with Gasteiger partial charge in [-0.2, -0.15) is 0 Å². The summed E-state index contributed by atoms with van der Waals surface area (Å²) in [6.45, 7) is 0.669. The minimum atomic E-state index is 0.669. The van der Waals surface area contributed by atoms with Crippen LogP contribution in [0.2, 0.25) is 0 Å². The molecule has 0 spiro atoms. The Balaban J connectivity index is 2.84. The molecule has 1 aromatic rings. The van der Waals surface area contributed by atoms with Crippen LogP contribution in [0.15, 0.2) is 30.3 Å². The van der Waals surface area contributed by atoms with Crippen LogP contribution < -0.4 is 0 Å². The van der Waals surface area contributed by atoms with Crippen LogP contribution in [-0.4, -0.2) is 12.4 Å². The maximum Gasteiger partial charge on any atom is 0.0718 e. The largest absolute Gasteiger partial charge is 0.380 e. The van der Waals surface area contributed by atoms with E-state index in [1.807, 2.05) is 12.1 Å². The first-order valence-corrected chi connectivity index (χ1v) is 5.30. The lowest BCUT2D eigenvalue weighted by molar-refractivity contribution is 0.184. The van der Waals surface area contributed by atoms with Crippen molar-refractivity contribution in [3.05, 3.63) is 41.5 Å².